The van der Waals surface area contributed by atoms with Gasteiger partial charge in [0.15, 0.2) is 34.6 Å². The van der Waals surface area contributed by atoms with E-state index in [0.29, 0.717) is 56.6 Å². The van der Waals surface area contributed by atoms with E-state index in [1.807, 2.05) is 17.5 Å². The van der Waals surface area contributed by atoms with Crippen molar-refractivity contribution in [1.29, 1.82) is 0 Å². The maximum Gasteiger partial charge on any atom is 0.211 e. The highest BCUT2D eigenvalue weighted by molar-refractivity contribution is 8.00. The quantitative estimate of drug-likeness (QED) is 0.262. The van der Waals surface area contributed by atoms with Crippen LogP contribution in [0.2, 0.25) is 0 Å². The smallest absolute Gasteiger partial charge is 0.211 e. The summed E-state index contributed by atoms with van der Waals surface area (Å²) in [6.07, 6.45) is 0. The molecular formula is C27H28N4O7S2. The van der Waals surface area contributed by atoms with E-state index in [0.717, 1.165) is 4.88 Å². The van der Waals surface area contributed by atoms with E-state index in [1.54, 1.807) is 61.6 Å². The summed E-state index contributed by atoms with van der Waals surface area (Å²) in [5.74, 6) is 3.08. The Morgan fingerprint density at radius 2 is 1.40 bits per heavy atom. The fourth-order valence-corrected chi connectivity index (χ4v) is 6.56. The molecule has 0 saturated carbocycles. The molecule has 4 aromatic rings. The van der Waals surface area contributed by atoms with Gasteiger partial charge < -0.3 is 33.8 Å². The third-order valence-electron chi connectivity index (χ3n) is 6.42. The molecule has 0 amide bonds. The molecule has 2 aromatic carbocycles. The summed E-state index contributed by atoms with van der Waals surface area (Å²) < 4.78 is 34.7. The maximum absolute atomic E-state index is 14.1. The van der Waals surface area contributed by atoms with E-state index < -0.39 is 5.25 Å². The molecular weight excluding hydrogens is 556 g/mol. The van der Waals surface area contributed by atoms with Gasteiger partial charge in [0, 0.05) is 16.0 Å². The lowest BCUT2D eigenvalue weighted by Crippen LogP contribution is -2.38. The number of aromatic nitrogens is 3. The molecule has 40 heavy (non-hydrogen) atoms. The number of thiophene rings is 1. The van der Waals surface area contributed by atoms with Crippen molar-refractivity contribution in [3.63, 3.8) is 0 Å². The third-order valence-corrected chi connectivity index (χ3v) is 8.59. The number of nitrogens with one attached hydrogen (secondary N) is 1. The van der Waals surface area contributed by atoms with E-state index >= 15 is 0 Å². The van der Waals surface area contributed by atoms with E-state index in [9.17, 15) is 4.79 Å². The largest absolute Gasteiger partial charge is 0.493 e. The number of Topliss-reactive ketones (excluding diaryl/α,β-unsaturated/α-hetero) is 1. The zero-order valence-corrected chi connectivity index (χ0v) is 24.3. The van der Waals surface area contributed by atoms with Gasteiger partial charge in [0.05, 0.1) is 48.7 Å². The molecule has 0 fully saturated rings. The summed E-state index contributed by atoms with van der Waals surface area (Å²) in [5.41, 5.74) is 4.61. The lowest BCUT2D eigenvalue weighted by atomic mass is 10.0. The second-order valence-corrected chi connectivity index (χ2v) is 10.6. The zero-order chi connectivity index (χ0) is 28.4. The van der Waals surface area contributed by atoms with Crippen LogP contribution < -0.4 is 33.8 Å². The molecule has 1 aliphatic rings. The highest BCUT2D eigenvalue weighted by atomic mass is 32.2. The number of rotatable bonds is 10. The van der Waals surface area contributed by atoms with Crippen LogP contribution in [0.5, 0.6) is 34.5 Å². The Labute approximate surface area is 239 Å². The maximum atomic E-state index is 14.1. The van der Waals surface area contributed by atoms with Crippen LogP contribution in [0.1, 0.15) is 21.3 Å². The van der Waals surface area contributed by atoms with Crippen molar-refractivity contribution in [3.05, 3.63) is 52.2 Å². The predicted molar refractivity (Wildman–Crippen MR) is 152 cm³/mol. The van der Waals surface area contributed by atoms with Crippen LogP contribution in [0.25, 0.3) is 11.4 Å². The Kier molecular flexibility index (Phi) is 7.94. The van der Waals surface area contributed by atoms with Crippen LogP contribution in [-0.4, -0.2) is 68.6 Å². The van der Waals surface area contributed by atoms with Gasteiger partial charge in [0.2, 0.25) is 16.7 Å². The summed E-state index contributed by atoms with van der Waals surface area (Å²) >= 11 is 2.89. The Balaban J connectivity index is 1.58. The number of carbonyl (C=O) groups excluding carboxylic acids is 1. The average Bonchev–Trinajstić information content (AvgIpc) is 3.68. The van der Waals surface area contributed by atoms with Crippen LogP contribution in [0.4, 0.5) is 0 Å². The van der Waals surface area contributed by atoms with Gasteiger partial charge in [-0.05, 0) is 35.7 Å². The van der Waals surface area contributed by atoms with Crippen LogP contribution in [0.3, 0.4) is 0 Å². The first-order chi connectivity index (χ1) is 19.5. The van der Waals surface area contributed by atoms with Gasteiger partial charge in [-0.15, -0.1) is 21.5 Å². The Morgan fingerprint density at radius 1 is 0.825 bits per heavy atom. The molecule has 11 nitrogen and oxygen atoms in total. The van der Waals surface area contributed by atoms with Crippen molar-refractivity contribution in [3.8, 4) is 45.9 Å². The van der Waals surface area contributed by atoms with Crippen LogP contribution in [0.15, 0.2) is 46.9 Å². The lowest BCUT2D eigenvalue weighted by Gasteiger charge is -2.32. The Bertz CT molecular complexity index is 1470. The molecule has 0 spiro atoms. The number of ether oxygens (including phenoxy) is 6. The molecule has 0 bridgehead atoms. The summed E-state index contributed by atoms with van der Waals surface area (Å²) in [6.45, 7) is 0. The molecule has 5 rings (SSSR count). The molecule has 0 radical (unpaired) electrons. The summed E-state index contributed by atoms with van der Waals surface area (Å²) in [4.78, 5) is 15.0. The number of nitrogens with zero attached hydrogens (tertiary/aromatic N) is 3. The van der Waals surface area contributed by atoms with Crippen molar-refractivity contribution < 1.29 is 33.2 Å². The van der Waals surface area contributed by atoms with Gasteiger partial charge in [0.25, 0.3) is 0 Å². The highest BCUT2D eigenvalue weighted by Crippen LogP contribution is 2.45. The van der Waals surface area contributed by atoms with Gasteiger partial charge in [0.1, 0.15) is 5.25 Å². The van der Waals surface area contributed by atoms with Gasteiger partial charge in [-0.1, -0.05) is 17.8 Å². The van der Waals surface area contributed by atoms with Gasteiger partial charge in [-0.25, -0.2) is 4.68 Å². The molecule has 2 unspecified atom stereocenters. The van der Waals surface area contributed by atoms with Crippen LogP contribution >= 0.6 is 23.1 Å². The number of carbonyl (C=O) groups is 1. The van der Waals surface area contributed by atoms with E-state index in [4.69, 9.17) is 28.4 Å². The van der Waals surface area contributed by atoms with Crippen molar-refractivity contribution in [2.24, 2.45) is 0 Å². The molecule has 13 heteroatoms. The van der Waals surface area contributed by atoms with Gasteiger partial charge in [-0.2, -0.15) is 0 Å². The van der Waals surface area contributed by atoms with E-state index in [2.05, 4.69) is 15.6 Å². The summed E-state index contributed by atoms with van der Waals surface area (Å²) in [5, 5.41) is 10.8. The lowest BCUT2D eigenvalue weighted by molar-refractivity contribution is 0.0980. The van der Waals surface area contributed by atoms with Gasteiger partial charge >= 0.3 is 0 Å². The number of hydrogen-bond donors (Lipinski definition) is 1. The number of fused-ring (bicyclic) bond motifs is 1. The van der Waals surface area contributed by atoms with Gasteiger partial charge in [-0.3, -0.25) is 4.79 Å². The summed E-state index contributed by atoms with van der Waals surface area (Å²) in [6, 6.07) is 10.5. The fraction of sp³-hybridized carbons (Fsp3) is 0.296. The van der Waals surface area contributed by atoms with Crippen molar-refractivity contribution in [2.45, 2.75) is 16.4 Å². The molecule has 0 aliphatic carbocycles. The molecule has 1 aliphatic heterocycles. The number of benzene rings is 2. The zero-order valence-electron chi connectivity index (χ0n) is 22.7. The second-order valence-electron chi connectivity index (χ2n) is 8.49. The minimum absolute atomic E-state index is 0.126. The molecule has 1 N–H and O–H groups in total. The van der Waals surface area contributed by atoms with Crippen LogP contribution in [-0.2, 0) is 0 Å². The number of hydrogen-bond acceptors (Lipinski definition) is 12. The topological polar surface area (TPSA) is 115 Å². The first-order valence-electron chi connectivity index (χ1n) is 12.0. The Morgan fingerprint density at radius 3 is 1.90 bits per heavy atom. The number of ketones is 1. The SMILES string of the molecule is COc1cc(C(=O)C2Sc3nnc(-c4cc(OC)c(OC)c(OC)c4)n3NC2c2cccs2)cc(OC)c1OC. The third kappa shape index (κ3) is 4.75. The normalized spacial score (nSPS) is 15.9. The average molecular weight is 585 g/mol. The second kappa shape index (κ2) is 11.6. The monoisotopic (exact) mass is 584 g/mol. The van der Waals surface area contributed by atoms with E-state index in [-0.39, 0.29) is 11.8 Å². The van der Waals surface area contributed by atoms with E-state index in [1.165, 1.54) is 33.1 Å². The van der Waals surface area contributed by atoms with Crippen molar-refractivity contribution in [2.75, 3.05) is 48.1 Å². The highest BCUT2D eigenvalue weighted by Gasteiger charge is 2.39. The minimum atomic E-state index is -0.564. The number of methoxy groups -OCH3 is 6. The first kappa shape index (κ1) is 27.5. The molecule has 0 saturated heterocycles. The minimum Gasteiger partial charge on any atom is -0.493 e. The van der Waals surface area contributed by atoms with Crippen molar-refractivity contribution >= 4 is 28.9 Å². The standard InChI is InChI=1S/C27H28N4O7S2/c1-33-16-10-14(11-17(34-2)23(16)37-5)22(32)25-21(20-8-7-9-39-20)30-31-26(28-29-27(31)40-25)15-12-18(35-3)24(38-6)19(13-15)36-4/h7-13,21,25,30H,1-6H3. The molecule has 2 atom stereocenters. The fourth-order valence-electron chi connectivity index (χ4n) is 4.52. The molecule has 3 heterocycles. The van der Waals surface area contributed by atoms with Crippen molar-refractivity contribution in [1.82, 2.24) is 14.9 Å². The molecule has 210 valence electrons. The first-order valence-corrected chi connectivity index (χ1v) is 13.8. The molecule has 2 aromatic heterocycles. The Hall–Kier alpha value is -4.10. The summed E-state index contributed by atoms with van der Waals surface area (Å²) in [7, 11) is 9.22. The number of thioether (sulfide) groups is 1. The predicted octanol–water partition coefficient (Wildman–Crippen LogP) is 4.70. The van der Waals surface area contributed by atoms with Crippen LogP contribution in [0, 0.1) is 0 Å².